The highest BCUT2D eigenvalue weighted by atomic mass is 32.2. The van der Waals surface area contributed by atoms with Crippen molar-refractivity contribution in [2.24, 2.45) is 5.92 Å². The molecule has 0 saturated heterocycles. The van der Waals surface area contributed by atoms with E-state index in [1.165, 1.54) is 23.1 Å². The molecule has 0 aliphatic carbocycles. The van der Waals surface area contributed by atoms with E-state index in [-0.39, 0.29) is 16.4 Å². The second-order valence-electron chi connectivity index (χ2n) is 5.62. The van der Waals surface area contributed by atoms with Gasteiger partial charge in [-0.2, -0.15) is 8.42 Å². The van der Waals surface area contributed by atoms with E-state index in [1.807, 2.05) is 32.0 Å². The number of nitrogens with zero attached hydrogens (tertiary/aromatic N) is 1. The lowest BCUT2D eigenvalue weighted by molar-refractivity contribution is 0.0980. The Morgan fingerprint density at radius 1 is 1.04 bits per heavy atom. The van der Waals surface area contributed by atoms with E-state index in [0.717, 1.165) is 0 Å². The molecule has 0 unspecified atom stereocenters. The van der Waals surface area contributed by atoms with Gasteiger partial charge in [-0.3, -0.25) is 9.35 Å². The highest BCUT2D eigenvalue weighted by Gasteiger charge is 2.25. The molecule has 0 bridgehead atoms. The molecule has 1 N–H and O–H groups in total. The third kappa shape index (κ3) is 4.18. The molecular weight excluding hydrogens is 314 g/mol. The Morgan fingerprint density at radius 2 is 1.61 bits per heavy atom. The summed E-state index contributed by atoms with van der Waals surface area (Å²) in [4.78, 5) is 14.0. The van der Waals surface area contributed by atoms with Crippen LogP contribution in [0.1, 0.15) is 24.2 Å². The molecule has 2 aromatic carbocycles. The average molecular weight is 333 g/mol. The third-order valence-corrected chi connectivity index (χ3v) is 4.17. The van der Waals surface area contributed by atoms with Gasteiger partial charge in [0, 0.05) is 12.2 Å². The minimum absolute atomic E-state index is 0.0421. The number of para-hydroxylation sites is 1. The number of benzene rings is 2. The van der Waals surface area contributed by atoms with E-state index >= 15 is 0 Å². The predicted molar refractivity (Wildman–Crippen MR) is 89.2 cm³/mol. The summed E-state index contributed by atoms with van der Waals surface area (Å²) >= 11 is 0. The van der Waals surface area contributed by atoms with Gasteiger partial charge in [-0.15, -0.1) is 0 Å². The van der Waals surface area contributed by atoms with Gasteiger partial charge in [-0.1, -0.05) is 44.2 Å². The smallest absolute Gasteiger partial charge is 0.295 e. The minimum atomic E-state index is -4.47. The summed E-state index contributed by atoms with van der Waals surface area (Å²) in [6.07, 6.45) is 0. The summed E-state index contributed by atoms with van der Waals surface area (Å²) in [6, 6.07) is 14.7. The molecule has 0 heterocycles. The van der Waals surface area contributed by atoms with Crippen LogP contribution < -0.4 is 4.90 Å². The van der Waals surface area contributed by atoms with Crippen molar-refractivity contribution in [3.8, 4) is 0 Å². The zero-order valence-corrected chi connectivity index (χ0v) is 13.8. The monoisotopic (exact) mass is 333 g/mol. The normalized spacial score (nSPS) is 11.5. The molecule has 0 aliphatic rings. The van der Waals surface area contributed by atoms with Gasteiger partial charge in [0.25, 0.3) is 16.0 Å². The third-order valence-electron chi connectivity index (χ3n) is 3.26. The van der Waals surface area contributed by atoms with Crippen molar-refractivity contribution in [2.45, 2.75) is 18.7 Å². The number of hydrogen-bond donors (Lipinski definition) is 1. The van der Waals surface area contributed by atoms with E-state index in [0.29, 0.717) is 12.2 Å². The van der Waals surface area contributed by atoms with Crippen molar-refractivity contribution in [3.05, 3.63) is 60.2 Å². The SMILES string of the molecule is CC(C)CN(C(=O)c1ccccc1S(=O)(=O)O)c1ccccc1. The molecule has 0 atom stereocenters. The maximum absolute atomic E-state index is 12.9. The number of anilines is 1. The number of carbonyl (C=O) groups excluding carboxylic acids is 1. The van der Waals surface area contributed by atoms with Crippen LogP contribution in [0, 0.1) is 5.92 Å². The molecule has 23 heavy (non-hydrogen) atoms. The number of hydrogen-bond acceptors (Lipinski definition) is 3. The van der Waals surface area contributed by atoms with Crippen LogP contribution in [-0.4, -0.2) is 25.4 Å². The molecule has 0 spiro atoms. The summed E-state index contributed by atoms with van der Waals surface area (Å²) in [7, 11) is -4.47. The fourth-order valence-electron chi connectivity index (χ4n) is 2.29. The van der Waals surface area contributed by atoms with Gasteiger partial charge < -0.3 is 4.90 Å². The zero-order chi connectivity index (χ0) is 17.0. The van der Waals surface area contributed by atoms with Gasteiger partial charge in [0.1, 0.15) is 4.90 Å². The molecule has 0 radical (unpaired) electrons. The molecule has 2 rings (SSSR count). The van der Waals surface area contributed by atoms with Crippen molar-refractivity contribution in [2.75, 3.05) is 11.4 Å². The van der Waals surface area contributed by atoms with E-state index in [1.54, 1.807) is 18.2 Å². The largest absolute Gasteiger partial charge is 0.308 e. The lowest BCUT2D eigenvalue weighted by Gasteiger charge is -2.25. The predicted octanol–water partition coefficient (Wildman–Crippen LogP) is 3.24. The van der Waals surface area contributed by atoms with Crippen LogP contribution >= 0.6 is 0 Å². The molecule has 0 fully saturated rings. The summed E-state index contributed by atoms with van der Waals surface area (Å²) < 4.78 is 32.4. The Morgan fingerprint density at radius 3 is 2.17 bits per heavy atom. The van der Waals surface area contributed by atoms with E-state index in [2.05, 4.69) is 0 Å². The number of rotatable bonds is 5. The maximum Gasteiger partial charge on any atom is 0.295 e. The number of carbonyl (C=O) groups is 1. The van der Waals surface area contributed by atoms with Crippen molar-refractivity contribution >= 4 is 21.7 Å². The van der Waals surface area contributed by atoms with Crippen molar-refractivity contribution in [1.82, 2.24) is 0 Å². The lowest BCUT2D eigenvalue weighted by atomic mass is 10.1. The van der Waals surface area contributed by atoms with Gasteiger partial charge >= 0.3 is 0 Å². The van der Waals surface area contributed by atoms with Crippen molar-refractivity contribution < 1.29 is 17.8 Å². The highest BCUT2D eigenvalue weighted by molar-refractivity contribution is 7.86. The van der Waals surface area contributed by atoms with Crippen LogP contribution in [-0.2, 0) is 10.1 Å². The molecule has 0 aliphatic heterocycles. The molecule has 0 saturated carbocycles. The minimum Gasteiger partial charge on any atom is -0.308 e. The molecule has 5 nitrogen and oxygen atoms in total. The van der Waals surface area contributed by atoms with Crippen LogP contribution in [0.3, 0.4) is 0 Å². The Bertz CT molecular complexity index is 785. The van der Waals surface area contributed by atoms with Gasteiger partial charge in [-0.25, -0.2) is 0 Å². The van der Waals surface area contributed by atoms with Crippen LogP contribution in [0.15, 0.2) is 59.5 Å². The summed E-state index contributed by atoms with van der Waals surface area (Å²) in [5.74, 6) is -0.268. The standard InChI is InChI=1S/C17H19NO4S/c1-13(2)12-18(14-8-4-3-5-9-14)17(19)15-10-6-7-11-16(15)23(20,21)22/h3-11,13H,12H2,1-2H3,(H,20,21,22). The molecule has 6 heteroatoms. The van der Waals surface area contributed by atoms with Crippen molar-refractivity contribution in [3.63, 3.8) is 0 Å². The second-order valence-corrected chi connectivity index (χ2v) is 7.01. The van der Waals surface area contributed by atoms with E-state index in [9.17, 15) is 17.8 Å². The van der Waals surface area contributed by atoms with Gasteiger partial charge in [0.2, 0.25) is 0 Å². The maximum atomic E-state index is 12.9. The van der Waals surface area contributed by atoms with Gasteiger partial charge in [0.15, 0.2) is 0 Å². The van der Waals surface area contributed by atoms with E-state index < -0.39 is 16.0 Å². The molecular formula is C17H19NO4S. The quantitative estimate of drug-likeness (QED) is 0.853. The average Bonchev–Trinajstić information content (AvgIpc) is 2.52. The fraction of sp³-hybridized carbons (Fsp3) is 0.235. The molecule has 122 valence electrons. The Kier molecular flexibility index (Phi) is 5.18. The summed E-state index contributed by atoms with van der Waals surface area (Å²) in [6.45, 7) is 4.37. The molecule has 2 aromatic rings. The van der Waals surface area contributed by atoms with Crippen molar-refractivity contribution in [1.29, 1.82) is 0 Å². The zero-order valence-electron chi connectivity index (χ0n) is 13.0. The summed E-state index contributed by atoms with van der Waals surface area (Å²) in [5, 5.41) is 0. The lowest BCUT2D eigenvalue weighted by Crippen LogP contribution is -2.35. The topological polar surface area (TPSA) is 74.7 Å². The van der Waals surface area contributed by atoms with Gasteiger partial charge in [-0.05, 0) is 30.2 Å². The Balaban J connectivity index is 2.51. The first kappa shape index (κ1) is 17.2. The molecule has 1 amide bonds. The first-order valence-electron chi connectivity index (χ1n) is 7.24. The van der Waals surface area contributed by atoms with Crippen LogP contribution in [0.4, 0.5) is 5.69 Å². The fourth-order valence-corrected chi connectivity index (χ4v) is 2.98. The second kappa shape index (κ2) is 6.93. The highest BCUT2D eigenvalue weighted by Crippen LogP contribution is 2.22. The Labute approximate surface area is 136 Å². The molecule has 0 aromatic heterocycles. The van der Waals surface area contributed by atoms with Crippen LogP contribution in [0.5, 0.6) is 0 Å². The first-order chi connectivity index (χ1) is 10.8. The van der Waals surface area contributed by atoms with Crippen LogP contribution in [0.25, 0.3) is 0 Å². The number of amides is 1. The van der Waals surface area contributed by atoms with Crippen LogP contribution in [0.2, 0.25) is 0 Å². The Hall–Kier alpha value is -2.18. The van der Waals surface area contributed by atoms with E-state index in [4.69, 9.17) is 0 Å². The van der Waals surface area contributed by atoms with Gasteiger partial charge in [0.05, 0.1) is 5.56 Å². The summed E-state index contributed by atoms with van der Waals surface area (Å²) in [5.41, 5.74) is 0.635. The first-order valence-corrected chi connectivity index (χ1v) is 8.68.